The molecule has 19 heavy (non-hydrogen) atoms. The molecule has 0 aromatic heterocycles. The number of benzene rings is 1. The zero-order chi connectivity index (χ0) is 14.1. The first-order valence-corrected chi connectivity index (χ1v) is 5.76. The lowest BCUT2D eigenvalue weighted by Crippen LogP contribution is -2.24. The summed E-state index contributed by atoms with van der Waals surface area (Å²) in [5, 5.41) is 3.67. The molecule has 0 unspecified atom stereocenters. The molecule has 102 valence electrons. The highest BCUT2D eigenvalue weighted by Crippen LogP contribution is 2.28. The number of carbonyl (C=O) groups excluding carboxylic acids is 1. The number of hydrogen-bond donors (Lipinski definition) is 2. The van der Waals surface area contributed by atoms with Crippen molar-refractivity contribution in [3.8, 4) is 11.5 Å². The summed E-state index contributed by atoms with van der Waals surface area (Å²) in [6, 6.07) is 4.59. The van der Waals surface area contributed by atoms with Crippen molar-refractivity contribution >= 4 is 12.2 Å². The maximum atomic E-state index is 10.5. The summed E-state index contributed by atoms with van der Waals surface area (Å²) in [6.07, 6.45) is 3.12. The van der Waals surface area contributed by atoms with E-state index in [0.29, 0.717) is 24.7 Å². The summed E-state index contributed by atoms with van der Waals surface area (Å²) in [5.41, 5.74) is 7.77. The van der Waals surface area contributed by atoms with Crippen molar-refractivity contribution < 1.29 is 14.3 Å². The minimum Gasteiger partial charge on any atom is -0.490 e. The summed E-state index contributed by atoms with van der Waals surface area (Å²) >= 11 is 0. The van der Waals surface area contributed by atoms with E-state index in [-0.39, 0.29) is 0 Å². The van der Waals surface area contributed by atoms with Crippen LogP contribution in [0.5, 0.6) is 11.5 Å². The van der Waals surface area contributed by atoms with Crippen molar-refractivity contribution in [2.45, 2.75) is 6.92 Å². The van der Waals surface area contributed by atoms with Gasteiger partial charge in [0, 0.05) is 0 Å². The van der Waals surface area contributed by atoms with Gasteiger partial charge in [0.2, 0.25) is 0 Å². The minimum atomic E-state index is -0.716. The van der Waals surface area contributed by atoms with E-state index < -0.39 is 6.03 Å². The van der Waals surface area contributed by atoms with E-state index in [1.54, 1.807) is 24.3 Å². The van der Waals surface area contributed by atoms with Crippen LogP contribution in [0.25, 0.3) is 0 Å². The van der Waals surface area contributed by atoms with E-state index in [2.05, 4.69) is 17.1 Å². The summed E-state index contributed by atoms with van der Waals surface area (Å²) in [5.74, 6) is 1.23. The van der Waals surface area contributed by atoms with Crippen molar-refractivity contribution in [2.24, 2.45) is 10.8 Å². The summed E-state index contributed by atoms with van der Waals surface area (Å²) in [6.45, 7) is 6.39. The molecule has 0 saturated heterocycles. The Balaban J connectivity index is 2.84. The molecule has 3 N–H and O–H groups in total. The topological polar surface area (TPSA) is 85.9 Å². The number of amides is 2. The number of primary amides is 1. The van der Waals surface area contributed by atoms with E-state index in [1.807, 2.05) is 6.92 Å². The second kappa shape index (κ2) is 7.75. The third-order valence-electron chi connectivity index (χ3n) is 2.01. The normalized spacial score (nSPS) is 10.2. The maximum Gasteiger partial charge on any atom is 0.332 e. The van der Waals surface area contributed by atoms with Crippen molar-refractivity contribution in [1.82, 2.24) is 5.43 Å². The molecule has 0 bridgehead atoms. The highest BCUT2D eigenvalue weighted by molar-refractivity contribution is 5.82. The maximum absolute atomic E-state index is 10.5. The quantitative estimate of drug-likeness (QED) is 0.445. The van der Waals surface area contributed by atoms with Gasteiger partial charge in [0.15, 0.2) is 11.5 Å². The second-order valence-electron chi connectivity index (χ2n) is 3.47. The second-order valence-corrected chi connectivity index (χ2v) is 3.47. The molecular weight excluding hydrogens is 246 g/mol. The van der Waals surface area contributed by atoms with Crippen molar-refractivity contribution in [3.63, 3.8) is 0 Å². The monoisotopic (exact) mass is 263 g/mol. The van der Waals surface area contributed by atoms with Gasteiger partial charge in [-0.05, 0) is 30.7 Å². The van der Waals surface area contributed by atoms with Crippen molar-refractivity contribution in [2.75, 3.05) is 13.2 Å². The van der Waals surface area contributed by atoms with Crippen LogP contribution >= 0.6 is 0 Å². The van der Waals surface area contributed by atoms with Crippen LogP contribution in [-0.2, 0) is 0 Å². The first-order chi connectivity index (χ1) is 9.17. The van der Waals surface area contributed by atoms with Crippen molar-refractivity contribution in [1.29, 1.82) is 0 Å². The van der Waals surface area contributed by atoms with Gasteiger partial charge >= 0.3 is 6.03 Å². The van der Waals surface area contributed by atoms with E-state index in [9.17, 15) is 4.79 Å². The Morgan fingerprint density at radius 2 is 2.26 bits per heavy atom. The van der Waals surface area contributed by atoms with E-state index in [0.717, 1.165) is 5.56 Å². The van der Waals surface area contributed by atoms with Crippen LogP contribution in [0, 0.1) is 0 Å². The van der Waals surface area contributed by atoms with Crippen LogP contribution in [-0.4, -0.2) is 25.5 Å². The standard InChI is InChI=1S/C13H17N3O3/c1-3-7-19-11-6-5-10(8-12(11)18-4-2)9-15-16-13(14)17/h3,5-6,8-9H,1,4,7H2,2H3,(H3,14,16,17). The summed E-state index contributed by atoms with van der Waals surface area (Å²) < 4.78 is 10.9. The fourth-order valence-corrected chi connectivity index (χ4v) is 1.31. The van der Waals surface area contributed by atoms with E-state index in [4.69, 9.17) is 15.2 Å². The molecule has 0 spiro atoms. The Labute approximate surface area is 111 Å². The summed E-state index contributed by atoms with van der Waals surface area (Å²) in [4.78, 5) is 10.5. The number of urea groups is 1. The predicted molar refractivity (Wildman–Crippen MR) is 73.6 cm³/mol. The van der Waals surface area contributed by atoms with Crippen LogP contribution in [0.4, 0.5) is 4.79 Å². The molecule has 0 aliphatic rings. The molecule has 6 heteroatoms. The van der Waals surface area contributed by atoms with Crippen LogP contribution < -0.4 is 20.6 Å². The minimum absolute atomic E-state index is 0.400. The van der Waals surface area contributed by atoms with Crippen LogP contribution in [0.15, 0.2) is 36.0 Å². The number of hydrazone groups is 1. The lowest BCUT2D eigenvalue weighted by atomic mass is 10.2. The molecule has 0 heterocycles. The number of nitrogens with two attached hydrogens (primary N) is 1. The van der Waals surface area contributed by atoms with Gasteiger partial charge < -0.3 is 15.2 Å². The zero-order valence-corrected chi connectivity index (χ0v) is 10.8. The molecule has 0 atom stereocenters. The molecule has 1 aromatic carbocycles. The SMILES string of the molecule is C=CCOc1ccc(C=NNC(N)=O)cc1OCC. The van der Waals surface area contributed by atoms with Gasteiger partial charge in [0.25, 0.3) is 0 Å². The number of hydrogen-bond acceptors (Lipinski definition) is 4. The van der Waals surface area contributed by atoms with Gasteiger partial charge in [-0.15, -0.1) is 0 Å². The number of nitrogens with zero attached hydrogens (tertiary/aromatic N) is 1. The van der Waals surface area contributed by atoms with Crippen LogP contribution in [0.2, 0.25) is 0 Å². The highest BCUT2D eigenvalue weighted by Gasteiger charge is 2.05. The van der Waals surface area contributed by atoms with Gasteiger partial charge in [0.05, 0.1) is 12.8 Å². The smallest absolute Gasteiger partial charge is 0.332 e. The highest BCUT2D eigenvalue weighted by atomic mass is 16.5. The number of ether oxygens (including phenoxy) is 2. The molecule has 1 aromatic rings. The molecule has 0 saturated carbocycles. The number of carbonyl (C=O) groups is 1. The first kappa shape index (κ1) is 14.6. The van der Waals surface area contributed by atoms with Crippen LogP contribution in [0.1, 0.15) is 12.5 Å². The Hall–Kier alpha value is -2.50. The third kappa shape index (κ3) is 5.12. The molecule has 0 aliphatic carbocycles. The molecule has 0 aliphatic heterocycles. The first-order valence-electron chi connectivity index (χ1n) is 5.76. The molecule has 1 rings (SSSR count). The Kier molecular flexibility index (Phi) is 5.94. The largest absolute Gasteiger partial charge is 0.490 e. The molecular formula is C13H17N3O3. The average molecular weight is 263 g/mol. The van der Waals surface area contributed by atoms with Gasteiger partial charge in [0.1, 0.15) is 6.61 Å². The van der Waals surface area contributed by atoms with Gasteiger partial charge in [-0.1, -0.05) is 12.7 Å². The van der Waals surface area contributed by atoms with Crippen molar-refractivity contribution in [3.05, 3.63) is 36.4 Å². The summed E-state index contributed by atoms with van der Waals surface area (Å²) in [7, 11) is 0. The number of rotatable bonds is 7. The third-order valence-corrected chi connectivity index (χ3v) is 2.01. The molecule has 2 amide bonds. The van der Waals surface area contributed by atoms with Crippen LogP contribution in [0.3, 0.4) is 0 Å². The average Bonchev–Trinajstić information content (AvgIpc) is 2.38. The fraction of sp³-hybridized carbons (Fsp3) is 0.231. The van der Waals surface area contributed by atoms with Gasteiger partial charge in [-0.25, -0.2) is 10.2 Å². The molecule has 6 nitrogen and oxygen atoms in total. The molecule has 0 fully saturated rings. The Morgan fingerprint density at radius 1 is 1.47 bits per heavy atom. The fourth-order valence-electron chi connectivity index (χ4n) is 1.31. The Bertz CT molecular complexity index is 472. The Morgan fingerprint density at radius 3 is 2.89 bits per heavy atom. The number of nitrogens with one attached hydrogen (secondary N) is 1. The van der Waals surface area contributed by atoms with Gasteiger partial charge in [-0.3, -0.25) is 0 Å². The van der Waals surface area contributed by atoms with Gasteiger partial charge in [-0.2, -0.15) is 5.10 Å². The molecule has 0 radical (unpaired) electrons. The van der Waals surface area contributed by atoms with E-state index >= 15 is 0 Å². The zero-order valence-electron chi connectivity index (χ0n) is 10.8. The van der Waals surface area contributed by atoms with E-state index in [1.165, 1.54) is 6.21 Å². The lowest BCUT2D eigenvalue weighted by Gasteiger charge is -2.11. The lowest BCUT2D eigenvalue weighted by molar-refractivity contribution is 0.249. The predicted octanol–water partition coefficient (Wildman–Crippen LogP) is 1.65.